The van der Waals surface area contributed by atoms with Gasteiger partial charge in [0.25, 0.3) is 0 Å². The Hall–Kier alpha value is 0.803. The van der Waals surface area contributed by atoms with Gasteiger partial charge in [-0.25, -0.2) is 0 Å². The monoisotopic (exact) mass is 406 g/mol. The molecule has 0 aromatic heterocycles. The van der Waals surface area contributed by atoms with Crippen molar-refractivity contribution in [2.24, 2.45) is 0 Å². The van der Waals surface area contributed by atoms with Crippen LogP contribution in [0.2, 0.25) is 0 Å². The molecule has 15 heavy (non-hydrogen) atoms. The second-order valence-corrected chi connectivity index (χ2v) is 15.2. The number of aryl methyl sites for hydroxylation is 2. The van der Waals surface area contributed by atoms with Crippen molar-refractivity contribution in [2.75, 3.05) is 0 Å². The van der Waals surface area contributed by atoms with Crippen molar-refractivity contribution in [1.29, 1.82) is 0 Å². The topological polar surface area (TPSA) is 0 Å². The molecule has 0 fully saturated rings. The molecule has 0 saturated carbocycles. The fourth-order valence-corrected chi connectivity index (χ4v) is 2.02. The van der Waals surface area contributed by atoms with Gasteiger partial charge in [-0.3, -0.25) is 0 Å². The summed E-state index contributed by atoms with van der Waals surface area (Å²) >= 11 is 6.32. The zero-order valence-electron chi connectivity index (χ0n) is 9.20. The average Bonchev–Trinajstić information content (AvgIpc) is 2.47. The van der Waals surface area contributed by atoms with E-state index in [9.17, 15) is 0 Å². The Balaban J connectivity index is 0.000000337. The Kier molecular flexibility index (Phi) is 6.02. The Morgan fingerprint density at radius 1 is 1.13 bits per heavy atom. The first-order valence-corrected chi connectivity index (χ1v) is 16.1. The summed E-state index contributed by atoms with van der Waals surface area (Å²) in [5.74, 6) is 0. The maximum atomic E-state index is 3.23. The zero-order chi connectivity index (χ0) is 11.4. The predicted octanol–water partition coefficient (Wildman–Crippen LogP) is 4.95. The van der Waals surface area contributed by atoms with Crippen LogP contribution in [0.15, 0.2) is 17.7 Å². The number of rotatable bonds is 0. The van der Waals surface area contributed by atoms with Gasteiger partial charge in [0, 0.05) is 0 Å². The average molecular weight is 409 g/mol. The molecule has 0 N–H and O–H groups in total. The van der Waals surface area contributed by atoms with Crippen LogP contribution < -0.4 is 0 Å². The van der Waals surface area contributed by atoms with E-state index in [-0.39, 0.29) is 18.5 Å². The third-order valence-corrected chi connectivity index (χ3v) is 2.48. The summed E-state index contributed by atoms with van der Waals surface area (Å²) in [6.45, 7) is 6.57. The normalized spacial score (nSPS) is 12.5. The number of benzene rings is 1. The van der Waals surface area contributed by atoms with Crippen molar-refractivity contribution in [1.82, 2.24) is 0 Å². The molecule has 80 valence electrons. The van der Waals surface area contributed by atoms with Gasteiger partial charge < -0.3 is 0 Å². The van der Waals surface area contributed by atoms with Crippen LogP contribution in [-0.4, -0.2) is 0 Å². The number of hydrogen-bond donors (Lipinski definition) is 0. The van der Waals surface area contributed by atoms with Gasteiger partial charge in [-0.1, -0.05) is 29.3 Å². The molecule has 1 aromatic rings. The van der Waals surface area contributed by atoms with Crippen molar-refractivity contribution in [3.05, 3.63) is 40.0 Å². The Morgan fingerprint density at radius 3 is 2.33 bits per heavy atom. The van der Waals surface area contributed by atoms with Crippen LogP contribution >= 0.6 is 24.4 Å². The molecule has 1 aliphatic carbocycles. The molecule has 0 heterocycles. The fourth-order valence-electron chi connectivity index (χ4n) is 2.02. The van der Waals surface area contributed by atoms with Gasteiger partial charge in [-0.2, -0.15) is 0 Å². The van der Waals surface area contributed by atoms with Crippen LogP contribution in [0.4, 0.5) is 0 Å². The molecule has 3 heteroatoms. The molecule has 0 amide bonds. The van der Waals surface area contributed by atoms with E-state index in [0.717, 1.165) is 6.42 Å². The SMILES string of the molecule is CC1=Cc2c(C)cc(C)cc2C1.[Br][Zr][Br]. The van der Waals surface area contributed by atoms with Crippen LogP contribution in [0.1, 0.15) is 29.2 Å². The van der Waals surface area contributed by atoms with Gasteiger partial charge >= 0.3 is 43.0 Å². The van der Waals surface area contributed by atoms with Gasteiger partial charge in [-0.05, 0) is 43.9 Å². The van der Waals surface area contributed by atoms with E-state index in [1.165, 1.54) is 27.8 Å². The van der Waals surface area contributed by atoms with Crippen LogP contribution in [0.5, 0.6) is 0 Å². The summed E-state index contributed by atoms with van der Waals surface area (Å²) in [5, 5.41) is 0. The molecule has 0 unspecified atom stereocenters. The summed E-state index contributed by atoms with van der Waals surface area (Å²) in [7, 11) is 0. The molecule has 1 aromatic carbocycles. The number of allylic oxidation sites excluding steroid dienone is 1. The first kappa shape index (κ1) is 13.9. The van der Waals surface area contributed by atoms with E-state index < -0.39 is 0 Å². The Morgan fingerprint density at radius 2 is 1.73 bits per heavy atom. The summed E-state index contributed by atoms with van der Waals surface area (Å²) < 4.78 is 0. The van der Waals surface area contributed by atoms with E-state index in [1.54, 1.807) is 0 Å². The Bertz CT molecular complexity index is 383. The summed E-state index contributed by atoms with van der Waals surface area (Å²) in [6, 6.07) is 4.56. The maximum absolute atomic E-state index is 3.23. The van der Waals surface area contributed by atoms with Crippen molar-refractivity contribution < 1.29 is 18.5 Å². The fraction of sp³-hybridized carbons (Fsp3) is 0.333. The zero-order valence-corrected chi connectivity index (χ0v) is 14.8. The van der Waals surface area contributed by atoms with Gasteiger partial charge in [0.15, 0.2) is 0 Å². The molecule has 0 nitrogen and oxygen atoms in total. The summed E-state index contributed by atoms with van der Waals surface area (Å²) in [6.07, 6.45) is 3.46. The molecule has 0 atom stereocenters. The van der Waals surface area contributed by atoms with Crippen LogP contribution in [0.25, 0.3) is 6.08 Å². The van der Waals surface area contributed by atoms with Gasteiger partial charge in [0.2, 0.25) is 0 Å². The molecule has 0 spiro atoms. The second kappa shape index (κ2) is 6.52. The molecular weight excluding hydrogens is 395 g/mol. The van der Waals surface area contributed by atoms with Crippen LogP contribution in [0, 0.1) is 13.8 Å². The first-order valence-electron chi connectivity index (χ1n) is 4.82. The third-order valence-electron chi connectivity index (χ3n) is 2.48. The van der Waals surface area contributed by atoms with E-state index >= 15 is 0 Å². The molecule has 1 aliphatic rings. The summed E-state index contributed by atoms with van der Waals surface area (Å²) in [4.78, 5) is 0. The number of fused-ring (bicyclic) bond motifs is 1. The third kappa shape index (κ3) is 3.94. The van der Waals surface area contributed by atoms with Crippen LogP contribution in [0.3, 0.4) is 0 Å². The van der Waals surface area contributed by atoms with E-state index in [0.29, 0.717) is 0 Å². The first-order chi connectivity index (χ1) is 7.08. The van der Waals surface area contributed by atoms with Gasteiger partial charge in [0.1, 0.15) is 0 Å². The minimum absolute atomic E-state index is 0.145. The summed E-state index contributed by atoms with van der Waals surface area (Å²) in [5.41, 5.74) is 7.25. The molecule has 2 rings (SSSR count). The predicted molar refractivity (Wildman–Crippen MR) is 71.1 cm³/mol. The van der Waals surface area contributed by atoms with E-state index in [2.05, 4.69) is 63.4 Å². The quantitative estimate of drug-likeness (QED) is 0.569. The van der Waals surface area contributed by atoms with E-state index in [4.69, 9.17) is 0 Å². The van der Waals surface area contributed by atoms with Crippen molar-refractivity contribution in [2.45, 2.75) is 27.2 Å². The van der Waals surface area contributed by atoms with Crippen molar-refractivity contribution in [3.8, 4) is 0 Å². The number of hydrogen-bond acceptors (Lipinski definition) is 0. The number of halogens is 2. The standard InChI is InChI=1S/C12H14.2BrH.Zr/c1-8-4-10(3)12-7-9(2)6-11(12)5-8;;;/h4-5,7H,6H2,1-3H3;2*1H;/q;;;+2/p-2. The molecular formula is C12H14Br2Zr. The van der Waals surface area contributed by atoms with E-state index in [1.807, 2.05) is 0 Å². The van der Waals surface area contributed by atoms with Crippen molar-refractivity contribution >= 4 is 30.5 Å². The molecule has 0 saturated heterocycles. The van der Waals surface area contributed by atoms with Gasteiger partial charge in [-0.15, -0.1) is 0 Å². The minimum atomic E-state index is -0.145. The molecule has 0 aliphatic heterocycles. The van der Waals surface area contributed by atoms with Crippen LogP contribution in [-0.2, 0) is 25.0 Å². The second-order valence-electron chi connectivity index (χ2n) is 3.89. The Labute approximate surface area is 115 Å². The van der Waals surface area contributed by atoms with Gasteiger partial charge in [0.05, 0.1) is 0 Å². The molecule has 0 bridgehead atoms. The van der Waals surface area contributed by atoms with Crippen molar-refractivity contribution in [3.63, 3.8) is 0 Å². The molecule has 0 radical (unpaired) electrons.